The molecular formula is C7H15F3. The van der Waals surface area contributed by atoms with E-state index in [0.717, 1.165) is 0 Å². The summed E-state index contributed by atoms with van der Waals surface area (Å²) in [6.45, 7) is 4.33. The zero-order chi connectivity index (χ0) is 7.65. The van der Waals surface area contributed by atoms with Gasteiger partial charge in [0.1, 0.15) is 0 Å². The smallest absolute Gasteiger partial charge is 0.171 e. The summed E-state index contributed by atoms with van der Waals surface area (Å²) in [4.78, 5) is 0. The maximum Gasteiger partial charge on any atom is 0.391 e. The summed E-state index contributed by atoms with van der Waals surface area (Å²) in [5.74, 6) is -1.50. The quantitative estimate of drug-likeness (QED) is 0.545. The van der Waals surface area contributed by atoms with Crippen LogP contribution >= 0.6 is 0 Å². The molecule has 0 bridgehead atoms. The number of alkyl halides is 3. The second-order valence-electron chi connectivity index (χ2n) is 2.57. The third-order valence-electron chi connectivity index (χ3n) is 1.52. The first-order chi connectivity index (χ1) is 3.85. The Hall–Kier alpha value is -0.210. The molecular weight excluding hydrogens is 141 g/mol. The number of halogens is 3. The lowest BCUT2D eigenvalue weighted by molar-refractivity contribution is -0.180. The third-order valence-corrected chi connectivity index (χ3v) is 1.52. The van der Waals surface area contributed by atoms with Gasteiger partial charge in [0, 0.05) is 0 Å². The van der Waals surface area contributed by atoms with Crippen LogP contribution in [0.15, 0.2) is 0 Å². The van der Waals surface area contributed by atoms with Gasteiger partial charge in [0.25, 0.3) is 0 Å². The monoisotopic (exact) mass is 156 g/mol. The Kier molecular flexibility index (Phi) is 4.78. The van der Waals surface area contributed by atoms with Gasteiger partial charge < -0.3 is 0 Å². The van der Waals surface area contributed by atoms with Crippen molar-refractivity contribution < 1.29 is 13.2 Å². The highest BCUT2D eigenvalue weighted by Gasteiger charge is 2.37. The number of hydrogen-bond donors (Lipinski definition) is 0. The van der Waals surface area contributed by atoms with Crippen molar-refractivity contribution >= 4 is 0 Å². The van der Waals surface area contributed by atoms with Crippen LogP contribution in [0.1, 0.15) is 28.2 Å². The van der Waals surface area contributed by atoms with Crippen LogP contribution in [0.2, 0.25) is 0 Å². The molecule has 0 nitrogen and oxygen atoms in total. The van der Waals surface area contributed by atoms with Crippen molar-refractivity contribution in [3.63, 3.8) is 0 Å². The Bertz CT molecular complexity index is 83.3. The summed E-state index contributed by atoms with van der Waals surface area (Å²) in [6, 6.07) is 0. The molecule has 0 radical (unpaired) electrons. The van der Waals surface area contributed by atoms with E-state index in [0.29, 0.717) is 0 Å². The van der Waals surface area contributed by atoms with Gasteiger partial charge >= 0.3 is 6.18 Å². The Morgan fingerprint density at radius 2 is 1.30 bits per heavy atom. The fourth-order valence-electron chi connectivity index (χ4n) is 0.378. The highest BCUT2D eigenvalue weighted by molar-refractivity contribution is 4.64. The van der Waals surface area contributed by atoms with Crippen molar-refractivity contribution in [3.05, 3.63) is 0 Å². The van der Waals surface area contributed by atoms with Crippen molar-refractivity contribution in [2.75, 3.05) is 0 Å². The van der Waals surface area contributed by atoms with E-state index in [1.165, 1.54) is 6.92 Å². The normalized spacial score (nSPS) is 14.7. The zero-order valence-corrected chi connectivity index (χ0v) is 5.79. The van der Waals surface area contributed by atoms with Crippen molar-refractivity contribution in [1.82, 2.24) is 0 Å². The largest absolute Gasteiger partial charge is 0.391 e. The van der Waals surface area contributed by atoms with E-state index in [9.17, 15) is 13.2 Å². The van der Waals surface area contributed by atoms with E-state index in [4.69, 9.17) is 0 Å². The van der Waals surface area contributed by atoms with E-state index in [2.05, 4.69) is 0 Å². The molecule has 0 rings (SSSR count). The molecule has 0 fully saturated rings. The molecule has 10 heavy (non-hydrogen) atoms. The highest BCUT2D eigenvalue weighted by Crippen LogP contribution is 2.30. The van der Waals surface area contributed by atoms with Crippen molar-refractivity contribution in [2.24, 2.45) is 11.8 Å². The molecule has 0 amide bonds. The van der Waals surface area contributed by atoms with E-state index in [-0.39, 0.29) is 13.3 Å². The van der Waals surface area contributed by atoms with Gasteiger partial charge in [-0.25, -0.2) is 0 Å². The Morgan fingerprint density at radius 3 is 1.30 bits per heavy atom. The molecule has 3 heteroatoms. The van der Waals surface area contributed by atoms with E-state index >= 15 is 0 Å². The molecule has 1 unspecified atom stereocenters. The molecule has 1 atom stereocenters. The predicted molar refractivity (Wildman–Crippen MR) is 36.8 cm³/mol. The number of rotatable bonds is 1. The predicted octanol–water partition coefficient (Wildman–Crippen LogP) is 3.48. The molecule has 0 aromatic heterocycles. The Labute approximate surface area is 60.4 Å². The summed E-state index contributed by atoms with van der Waals surface area (Å²) in [5, 5.41) is 0. The molecule has 0 aromatic rings. The van der Waals surface area contributed by atoms with Crippen molar-refractivity contribution in [2.45, 2.75) is 34.4 Å². The van der Waals surface area contributed by atoms with Crippen LogP contribution in [-0.4, -0.2) is 6.18 Å². The molecule has 64 valence electrons. The first-order valence-corrected chi connectivity index (χ1v) is 2.92. The van der Waals surface area contributed by atoms with Gasteiger partial charge in [-0.1, -0.05) is 28.2 Å². The van der Waals surface area contributed by atoms with Crippen LogP contribution in [0.3, 0.4) is 0 Å². The maximum atomic E-state index is 11.7. The highest BCUT2D eigenvalue weighted by atomic mass is 19.4. The minimum Gasteiger partial charge on any atom is -0.171 e. The van der Waals surface area contributed by atoms with Gasteiger partial charge in [-0.15, -0.1) is 0 Å². The molecule has 0 aliphatic carbocycles. The van der Waals surface area contributed by atoms with Crippen molar-refractivity contribution in [3.8, 4) is 0 Å². The lowest BCUT2D eigenvalue weighted by Gasteiger charge is -2.18. The Morgan fingerprint density at radius 1 is 1.00 bits per heavy atom. The Balaban J connectivity index is 0. The van der Waals surface area contributed by atoms with Crippen LogP contribution in [-0.2, 0) is 0 Å². The SMILES string of the molecule is C.CC(C)C(C)C(F)(F)F. The summed E-state index contributed by atoms with van der Waals surface area (Å²) >= 11 is 0. The maximum absolute atomic E-state index is 11.7. The average Bonchev–Trinajstić information content (AvgIpc) is 1.62. The molecule has 0 aromatic carbocycles. The first kappa shape index (κ1) is 12.5. The topological polar surface area (TPSA) is 0 Å². The summed E-state index contributed by atoms with van der Waals surface area (Å²) in [7, 11) is 0. The minimum atomic E-state index is -4.02. The average molecular weight is 156 g/mol. The van der Waals surface area contributed by atoms with E-state index < -0.39 is 12.1 Å². The molecule has 0 spiro atoms. The number of hydrogen-bond acceptors (Lipinski definition) is 0. The molecule has 0 aliphatic heterocycles. The fourth-order valence-corrected chi connectivity index (χ4v) is 0.378. The van der Waals surface area contributed by atoms with Gasteiger partial charge in [0.05, 0.1) is 5.92 Å². The summed E-state index contributed by atoms with van der Waals surface area (Å²) in [5.41, 5.74) is 0. The molecule has 0 N–H and O–H groups in total. The van der Waals surface area contributed by atoms with Crippen LogP contribution < -0.4 is 0 Å². The standard InChI is InChI=1S/C6H11F3.CH4/c1-4(2)5(3)6(7,8)9;/h4-5H,1-3H3;1H4. The molecule has 0 aliphatic rings. The lowest BCUT2D eigenvalue weighted by Crippen LogP contribution is -2.24. The van der Waals surface area contributed by atoms with Gasteiger partial charge in [-0.3, -0.25) is 0 Å². The summed E-state index contributed by atoms with van der Waals surface area (Å²) in [6.07, 6.45) is -4.02. The molecule has 0 heterocycles. The lowest BCUT2D eigenvalue weighted by atomic mass is 9.98. The van der Waals surface area contributed by atoms with Crippen molar-refractivity contribution in [1.29, 1.82) is 0 Å². The molecule has 0 saturated heterocycles. The molecule has 0 saturated carbocycles. The minimum absolute atomic E-state index is 0. The second kappa shape index (κ2) is 3.84. The van der Waals surface area contributed by atoms with E-state index in [1.807, 2.05) is 0 Å². The van der Waals surface area contributed by atoms with Crippen LogP contribution in [0.4, 0.5) is 13.2 Å². The second-order valence-corrected chi connectivity index (χ2v) is 2.57. The third kappa shape index (κ3) is 3.75. The van der Waals surface area contributed by atoms with Gasteiger partial charge in [0.2, 0.25) is 0 Å². The van der Waals surface area contributed by atoms with Gasteiger partial charge in [0.15, 0.2) is 0 Å². The zero-order valence-electron chi connectivity index (χ0n) is 5.79. The van der Waals surface area contributed by atoms with Crippen LogP contribution in [0.5, 0.6) is 0 Å². The van der Waals surface area contributed by atoms with E-state index in [1.54, 1.807) is 13.8 Å². The fraction of sp³-hybridized carbons (Fsp3) is 1.00. The van der Waals surface area contributed by atoms with Gasteiger partial charge in [-0.2, -0.15) is 13.2 Å². The first-order valence-electron chi connectivity index (χ1n) is 2.92. The van der Waals surface area contributed by atoms with Gasteiger partial charge in [-0.05, 0) is 5.92 Å². The summed E-state index contributed by atoms with van der Waals surface area (Å²) < 4.78 is 35.1. The van der Waals surface area contributed by atoms with Crippen LogP contribution in [0, 0.1) is 11.8 Å². The van der Waals surface area contributed by atoms with Crippen LogP contribution in [0.25, 0.3) is 0 Å².